The maximum Gasteiger partial charge on any atom is 0.105 e. The molecule has 0 aromatic heterocycles. The first-order valence-electron chi connectivity index (χ1n) is 15.8. The molecular weight excluding hydrogens is 588 g/mol. The van der Waals surface area contributed by atoms with Gasteiger partial charge in [0.2, 0.25) is 0 Å². The highest BCUT2D eigenvalue weighted by molar-refractivity contribution is 7.92. The van der Waals surface area contributed by atoms with Crippen molar-refractivity contribution in [2.24, 2.45) is 41.4 Å². The summed E-state index contributed by atoms with van der Waals surface area (Å²) in [6.45, 7) is 16.2. The Kier molecular flexibility index (Phi) is 13.4. The van der Waals surface area contributed by atoms with Gasteiger partial charge in [0, 0.05) is 13.0 Å². The lowest BCUT2D eigenvalue weighted by atomic mass is 9.92. The van der Waals surface area contributed by atoms with E-state index in [1.54, 1.807) is 7.11 Å². The van der Waals surface area contributed by atoms with Crippen molar-refractivity contribution in [3.05, 3.63) is 0 Å². The van der Waals surface area contributed by atoms with E-state index in [1.165, 1.54) is 11.8 Å². The third-order valence-corrected chi connectivity index (χ3v) is 24.3. The molecule has 242 valence electrons. The summed E-state index contributed by atoms with van der Waals surface area (Å²) in [7, 11) is -0.745. The van der Waals surface area contributed by atoms with Crippen LogP contribution in [0.25, 0.3) is 0 Å². The van der Waals surface area contributed by atoms with Crippen molar-refractivity contribution in [1.82, 2.24) is 0 Å². The Morgan fingerprint density at radius 1 is 0.878 bits per heavy atom. The van der Waals surface area contributed by atoms with Gasteiger partial charge in [0.15, 0.2) is 0 Å². The predicted molar refractivity (Wildman–Crippen MR) is 194 cm³/mol. The fourth-order valence-corrected chi connectivity index (χ4v) is 24.8. The van der Waals surface area contributed by atoms with Crippen molar-refractivity contribution in [1.29, 1.82) is 0 Å². The number of rotatable bonds is 14. The van der Waals surface area contributed by atoms with Gasteiger partial charge < -0.3 is 23.6 Å². The molecule has 0 amide bonds. The Balaban J connectivity index is 1.55. The van der Waals surface area contributed by atoms with E-state index in [4.69, 9.17) is 37.4 Å². The van der Waals surface area contributed by atoms with E-state index in [1.807, 2.05) is 0 Å². The van der Waals surface area contributed by atoms with Gasteiger partial charge in [-0.15, -0.1) is 40.2 Å². The zero-order valence-electron chi connectivity index (χ0n) is 27.7. The summed E-state index contributed by atoms with van der Waals surface area (Å²) >= 11 is 0. The number of methoxy groups -OCH3 is 1. The van der Waals surface area contributed by atoms with Crippen LogP contribution in [0.2, 0.25) is 0 Å². The van der Waals surface area contributed by atoms with Crippen molar-refractivity contribution in [2.75, 3.05) is 51.2 Å². The molecule has 0 aromatic carbocycles. The van der Waals surface area contributed by atoms with E-state index in [-0.39, 0.29) is 24.2 Å². The van der Waals surface area contributed by atoms with Crippen LogP contribution in [0.5, 0.6) is 0 Å². The average Bonchev–Trinajstić information content (AvgIpc) is 3.37. The van der Waals surface area contributed by atoms with Gasteiger partial charge in [0.1, 0.15) is 8.00 Å². The molecule has 3 aliphatic rings. The van der Waals surface area contributed by atoms with Crippen molar-refractivity contribution in [2.45, 2.75) is 84.9 Å². The first-order valence-corrected chi connectivity index (χ1v) is 25.1. The van der Waals surface area contributed by atoms with Crippen LogP contribution in [-0.4, -0.2) is 112 Å². The Morgan fingerprint density at radius 2 is 1.51 bits per heavy atom. The molecular formula is C32H64O5P4. The summed E-state index contributed by atoms with van der Waals surface area (Å²) in [6, 6.07) is 0. The van der Waals surface area contributed by atoms with E-state index in [9.17, 15) is 5.11 Å². The minimum atomic E-state index is -1.70. The molecule has 3 rings (SSSR count). The van der Waals surface area contributed by atoms with E-state index < -0.39 is 29.3 Å². The Labute approximate surface area is 255 Å². The fourth-order valence-electron chi connectivity index (χ4n) is 8.06. The summed E-state index contributed by atoms with van der Waals surface area (Å²) in [5.74, 6) is 5.44. The van der Waals surface area contributed by atoms with Crippen LogP contribution >= 0.6 is 29.3 Å². The monoisotopic (exact) mass is 652 g/mol. The molecule has 1 aliphatic heterocycles. The second-order valence-electron chi connectivity index (χ2n) is 15.0. The zero-order chi connectivity index (χ0) is 30.9. The Hall–Kier alpha value is 1.00. The zero-order valence-corrected chi connectivity index (χ0v) is 31.5. The third-order valence-electron chi connectivity index (χ3n) is 10.6. The summed E-state index contributed by atoms with van der Waals surface area (Å²) in [4.78, 5) is 0. The molecule has 1 N–H and O–H groups in total. The van der Waals surface area contributed by atoms with Gasteiger partial charge in [-0.05, 0) is 92.7 Å². The second kappa shape index (κ2) is 15.1. The second-order valence-corrected chi connectivity index (χ2v) is 27.5. The smallest absolute Gasteiger partial charge is 0.105 e. The number of hydrogen-bond donors (Lipinski definition) is 1. The first kappa shape index (κ1) is 36.5. The maximum absolute atomic E-state index is 10.6. The SMILES string of the molecule is C=[PH](CC1CC(C)C(OC)C1O[PH](=C)OCC1CC(C)C(C)C1O)CP(=C)(C)CP(=C)(C)CC1OC(C)C(C)C1C. The molecule has 16 unspecified atom stereocenters. The van der Waals surface area contributed by atoms with Gasteiger partial charge in [-0.1, -0.05) is 40.9 Å². The van der Waals surface area contributed by atoms with Crippen molar-refractivity contribution in [3.63, 3.8) is 0 Å². The van der Waals surface area contributed by atoms with Gasteiger partial charge in [0.05, 0.1) is 37.1 Å². The molecule has 1 saturated heterocycles. The predicted octanol–water partition coefficient (Wildman–Crippen LogP) is 6.97. The van der Waals surface area contributed by atoms with Gasteiger partial charge in [0.25, 0.3) is 0 Å². The molecule has 41 heavy (non-hydrogen) atoms. The summed E-state index contributed by atoms with van der Waals surface area (Å²) in [6.07, 6.45) is 23.4. The van der Waals surface area contributed by atoms with E-state index in [0.29, 0.717) is 54.3 Å². The lowest BCUT2D eigenvalue weighted by Gasteiger charge is -2.33. The van der Waals surface area contributed by atoms with Gasteiger partial charge in [-0.3, -0.25) is 0 Å². The van der Waals surface area contributed by atoms with Crippen LogP contribution in [0.3, 0.4) is 0 Å². The van der Waals surface area contributed by atoms with Crippen molar-refractivity contribution in [3.8, 4) is 0 Å². The van der Waals surface area contributed by atoms with Gasteiger partial charge >= 0.3 is 0 Å². The van der Waals surface area contributed by atoms with Crippen molar-refractivity contribution >= 4 is 54.5 Å². The maximum atomic E-state index is 10.6. The van der Waals surface area contributed by atoms with E-state index in [0.717, 1.165) is 25.2 Å². The molecule has 3 fully saturated rings. The molecule has 0 bridgehead atoms. The standard InChI is InChI=1S/C32H64O5P4/c1-21-14-27(30(33)23(21)3)16-35-39(9)37-32-28(15-22(2)31(32)34-7)17-38(8)19-41(12,13)20-40(10,11)18-29-25(5)24(4)26(6)36-29/h21-33,38-39H,8-10,12,14-20H2,1-7,11,13H3. The quantitative estimate of drug-likeness (QED) is 0.206. The molecule has 16 atom stereocenters. The molecule has 0 aromatic rings. The van der Waals surface area contributed by atoms with Crippen LogP contribution in [0, 0.1) is 41.4 Å². The van der Waals surface area contributed by atoms with Crippen molar-refractivity contribution < 1.29 is 23.6 Å². The fraction of sp³-hybridized carbons (Fsp3) is 0.875. The molecule has 2 aliphatic carbocycles. The Bertz CT molecular complexity index is 1020. The highest BCUT2D eigenvalue weighted by Crippen LogP contribution is 2.62. The lowest BCUT2D eigenvalue weighted by Crippen LogP contribution is -2.32. The molecule has 5 nitrogen and oxygen atoms in total. The highest BCUT2D eigenvalue weighted by Gasteiger charge is 2.43. The first-order chi connectivity index (χ1) is 18.9. The number of aliphatic hydroxyl groups excluding tert-OH is 1. The van der Waals surface area contributed by atoms with Crippen LogP contribution in [0.4, 0.5) is 0 Å². The number of aliphatic hydroxyl groups is 1. The highest BCUT2D eigenvalue weighted by atomic mass is 31.2. The van der Waals surface area contributed by atoms with E-state index in [2.05, 4.69) is 61.2 Å². The van der Waals surface area contributed by atoms with Crippen LogP contribution in [0.15, 0.2) is 0 Å². The van der Waals surface area contributed by atoms with E-state index >= 15 is 0 Å². The molecule has 2 saturated carbocycles. The third kappa shape index (κ3) is 9.74. The minimum Gasteiger partial charge on any atom is -0.392 e. The van der Waals surface area contributed by atoms with Crippen LogP contribution in [0.1, 0.15) is 54.4 Å². The van der Waals surface area contributed by atoms with Gasteiger partial charge in [-0.2, -0.15) is 0 Å². The summed E-state index contributed by atoms with van der Waals surface area (Å²) < 4.78 is 25.1. The molecule has 9 heteroatoms. The van der Waals surface area contributed by atoms with Gasteiger partial charge in [-0.25, -0.2) is 0 Å². The van der Waals surface area contributed by atoms with Crippen LogP contribution < -0.4 is 0 Å². The number of hydrogen-bond acceptors (Lipinski definition) is 5. The Morgan fingerprint density at radius 3 is 2.05 bits per heavy atom. The molecule has 1 heterocycles. The molecule has 0 spiro atoms. The average molecular weight is 653 g/mol. The number of ether oxygens (including phenoxy) is 2. The lowest BCUT2D eigenvalue weighted by molar-refractivity contribution is -0.00781. The summed E-state index contributed by atoms with van der Waals surface area (Å²) in [5.41, 5.74) is 0. The minimum absolute atomic E-state index is 0.000479. The topological polar surface area (TPSA) is 57.2 Å². The van der Waals surface area contributed by atoms with Crippen LogP contribution in [-0.2, 0) is 18.5 Å². The normalized spacial score (nSPS) is 44.0. The molecule has 0 radical (unpaired) electrons. The largest absolute Gasteiger partial charge is 0.392 e. The summed E-state index contributed by atoms with van der Waals surface area (Å²) in [5, 5.41) is 10.6.